The van der Waals surface area contributed by atoms with Gasteiger partial charge >= 0.3 is 0 Å². The smallest absolute Gasteiger partial charge is 0.123 e. The average Bonchev–Trinajstić information content (AvgIpc) is 2.38. The van der Waals surface area contributed by atoms with Crippen LogP contribution in [0.25, 0.3) is 0 Å². The second kappa shape index (κ2) is 6.30. The third kappa shape index (κ3) is 3.53. The number of nitrogens with zero attached hydrogens (tertiary/aromatic N) is 1. The van der Waals surface area contributed by atoms with E-state index in [-0.39, 0.29) is 5.82 Å². The molecule has 0 saturated carbocycles. The molecule has 2 rings (SSSR count). The van der Waals surface area contributed by atoms with Gasteiger partial charge in [-0.15, -0.1) is 0 Å². The van der Waals surface area contributed by atoms with E-state index in [2.05, 4.69) is 24.1 Å². The SMILES string of the molecule is CCC(C)C1CN(Cc2cccc(F)c2)CCN1. The van der Waals surface area contributed by atoms with E-state index in [1.807, 2.05) is 6.07 Å². The highest BCUT2D eigenvalue weighted by Crippen LogP contribution is 2.14. The van der Waals surface area contributed by atoms with Gasteiger partial charge in [-0.05, 0) is 23.6 Å². The highest BCUT2D eigenvalue weighted by molar-refractivity contribution is 5.16. The van der Waals surface area contributed by atoms with Gasteiger partial charge in [0.1, 0.15) is 5.82 Å². The summed E-state index contributed by atoms with van der Waals surface area (Å²) in [6, 6.07) is 7.50. The van der Waals surface area contributed by atoms with Crippen molar-refractivity contribution in [3.63, 3.8) is 0 Å². The molecule has 0 bridgehead atoms. The zero-order valence-corrected chi connectivity index (χ0v) is 11.3. The maximum absolute atomic E-state index is 13.1. The van der Waals surface area contributed by atoms with Crippen LogP contribution < -0.4 is 5.32 Å². The first-order chi connectivity index (χ1) is 8.69. The Balaban J connectivity index is 1.93. The molecule has 0 amide bonds. The van der Waals surface area contributed by atoms with E-state index in [0.717, 1.165) is 31.7 Å². The summed E-state index contributed by atoms with van der Waals surface area (Å²) in [5.41, 5.74) is 1.07. The zero-order valence-electron chi connectivity index (χ0n) is 11.3. The normalized spacial score (nSPS) is 22.9. The number of hydrogen-bond donors (Lipinski definition) is 1. The van der Waals surface area contributed by atoms with Gasteiger partial charge in [-0.1, -0.05) is 32.4 Å². The quantitative estimate of drug-likeness (QED) is 0.883. The Hall–Kier alpha value is -0.930. The molecule has 1 heterocycles. The molecule has 0 aliphatic carbocycles. The fraction of sp³-hybridized carbons (Fsp3) is 0.600. The van der Waals surface area contributed by atoms with Crippen LogP contribution in [0.1, 0.15) is 25.8 Å². The van der Waals surface area contributed by atoms with Crippen LogP contribution in [0.3, 0.4) is 0 Å². The average molecular weight is 250 g/mol. The Labute approximate surface area is 109 Å². The zero-order chi connectivity index (χ0) is 13.0. The molecule has 0 aromatic heterocycles. The lowest BCUT2D eigenvalue weighted by Crippen LogP contribution is -2.52. The summed E-state index contributed by atoms with van der Waals surface area (Å²) < 4.78 is 13.1. The fourth-order valence-corrected chi connectivity index (χ4v) is 2.54. The van der Waals surface area contributed by atoms with Crippen LogP contribution in [0.5, 0.6) is 0 Å². The van der Waals surface area contributed by atoms with E-state index in [1.165, 1.54) is 12.5 Å². The molecule has 100 valence electrons. The number of rotatable bonds is 4. The van der Waals surface area contributed by atoms with Crippen molar-refractivity contribution in [3.8, 4) is 0 Å². The summed E-state index contributed by atoms with van der Waals surface area (Å²) in [6.45, 7) is 8.52. The predicted octanol–water partition coefficient (Wildman–Crippen LogP) is 2.65. The van der Waals surface area contributed by atoms with Crippen LogP contribution in [0, 0.1) is 11.7 Å². The molecule has 1 aromatic carbocycles. The van der Waals surface area contributed by atoms with E-state index >= 15 is 0 Å². The molecular formula is C15H23FN2. The lowest BCUT2D eigenvalue weighted by atomic mass is 9.97. The number of halogens is 1. The summed E-state index contributed by atoms with van der Waals surface area (Å²) in [6.07, 6.45) is 1.20. The van der Waals surface area contributed by atoms with Crippen LogP contribution in [0.2, 0.25) is 0 Å². The van der Waals surface area contributed by atoms with Gasteiger partial charge < -0.3 is 5.32 Å². The molecule has 0 spiro atoms. The Bertz CT molecular complexity index is 381. The molecule has 1 aliphatic rings. The molecule has 1 fully saturated rings. The Morgan fingerprint density at radius 3 is 3.06 bits per heavy atom. The topological polar surface area (TPSA) is 15.3 Å². The second-order valence-corrected chi connectivity index (χ2v) is 5.31. The van der Waals surface area contributed by atoms with Crippen LogP contribution in [-0.2, 0) is 6.54 Å². The second-order valence-electron chi connectivity index (χ2n) is 5.31. The molecule has 18 heavy (non-hydrogen) atoms. The molecule has 2 unspecified atom stereocenters. The maximum Gasteiger partial charge on any atom is 0.123 e. The first kappa shape index (κ1) is 13.5. The van der Waals surface area contributed by atoms with Crippen molar-refractivity contribution >= 4 is 0 Å². The van der Waals surface area contributed by atoms with Crippen LogP contribution in [0.4, 0.5) is 4.39 Å². The van der Waals surface area contributed by atoms with Gasteiger partial charge in [-0.2, -0.15) is 0 Å². The van der Waals surface area contributed by atoms with E-state index in [0.29, 0.717) is 12.0 Å². The first-order valence-corrected chi connectivity index (χ1v) is 6.89. The standard InChI is InChI=1S/C15H23FN2/c1-3-12(2)15-11-18(8-7-17-15)10-13-5-4-6-14(16)9-13/h4-6,9,12,15,17H,3,7-8,10-11H2,1-2H3. The third-order valence-corrected chi connectivity index (χ3v) is 3.92. The van der Waals surface area contributed by atoms with Gasteiger partial charge in [0.2, 0.25) is 0 Å². The number of piperazine rings is 1. The van der Waals surface area contributed by atoms with Crippen molar-refractivity contribution in [2.24, 2.45) is 5.92 Å². The minimum absolute atomic E-state index is 0.138. The highest BCUT2D eigenvalue weighted by Gasteiger charge is 2.22. The molecule has 1 aliphatic heterocycles. The number of hydrogen-bond acceptors (Lipinski definition) is 2. The highest BCUT2D eigenvalue weighted by atomic mass is 19.1. The monoisotopic (exact) mass is 250 g/mol. The summed E-state index contributed by atoms with van der Waals surface area (Å²) in [5.74, 6) is 0.557. The maximum atomic E-state index is 13.1. The van der Waals surface area contributed by atoms with Crippen molar-refractivity contribution in [2.75, 3.05) is 19.6 Å². The van der Waals surface area contributed by atoms with Gasteiger partial charge in [-0.3, -0.25) is 4.90 Å². The Kier molecular flexibility index (Phi) is 4.72. The van der Waals surface area contributed by atoms with E-state index in [4.69, 9.17) is 0 Å². The molecule has 0 radical (unpaired) electrons. The molecule has 1 aromatic rings. The van der Waals surface area contributed by atoms with Gasteiger partial charge in [0.25, 0.3) is 0 Å². The summed E-state index contributed by atoms with van der Waals surface area (Å²) in [5, 5.41) is 3.58. The van der Waals surface area contributed by atoms with Gasteiger partial charge in [0.05, 0.1) is 0 Å². The lowest BCUT2D eigenvalue weighted by Gasteiger charge is -2.36. The molecule has 2 nitrogen and oxygen atoms in total. The molecule has 2 atom stereocenters. The summed E-state index contributed by atoms with van der Waals surface area (Å²) in [4.78, 5) is 2.42. The molecular weight excluding hydrogens is 227 g/mol. The van der Waals surface area contributed by atoms with Gasteiger partial charge in [0, 0.05) is 32.2 Å². The van der Waals surface area contributed by atoms with E-state index < -0.39 is 0 Å². The molecule has 1 saturated heterocycles. The fourth-order valence-electron chi connectivity index (χ4n) is 2.54. The van der Waals surface area contributed by atoms with E-state index in [9.17, 15) is 4.39 Å². The van der Waals surface area contributed by atoms with Crippen molar-refractivity contribution in [2.45, 2.75) is 32.9 Å². The van der Waals surface area contributed by atoms with E-state index in [1.54, 1.807) is 12.1 Å². The van der Waals surface area contributed by atoms with Crippen LogP contribution >= 0.6 is 0 Å². The first-order valence-electron chi connectivity index (χ1n) is 6.89. The van der Waals surface area contributed by atoms with Crippen molar-refractivity contribution < 1.29 is 4.39 Å². The number of benzene rings is 1. The van der Waals surface area contributed by atoms with Crippen molar-refractivity contribution in [1.29, 1.82) is 0 Å². The van der Waals surface area contributed by atoms with Crippen LogP contribution in [-0.4, -0.2) is 30.6 Å². The Morgan fingerprint density at radius 2 is 2.33 bits per heavy atom. The minimum Gasteiger partial charge on any atom is -0.311 e. The largest absolute Gasteiger partial charge is 0.311 e. The molecule has 3 heteroatoms. The lowest BCUT2D eigenvalue weighted by molar-refractivity contribution is 0.162. The van der Waals surface area contributed by atoms with Gasteiger partial charge in [0.15, 0.2) is 0 Å². The van der Waals surface area contributed by atoms with Crippen LogP contribution in [0.15, 0.2) is 24.3 Å². The molecule has 1 N–H and O–H groups in total. The Morgan fingerprint density at radius 1 is 1.50 bits per heavy atom. The van der Waals surface area contributed by atoms with Gasteiger partial charge in [-0.25, -0.2) is 4.39 Å². The number of nitrogens with one attached hydrogen (secondary N) is 1. The predicted molar refractivity (Wildman–Crippen MR) is 72.9 cm³/mol. The third-order valence-electron chi connectivity index (χ3n) is 3.92. The summed E-state index contributed by atoms with van der Waals surface area (Å²) in [7, 11) is 0. The summed E-state index contributed by atoms with van der Waals surface area (Å²) >= 11 is 0. The van der Waals surface area contributed by atoms with Crippen molar-refractivity contribution in [1.82, 2.24) is 10.2 Å². The van der Waals surface area contributed by atoms with Crippen molar-refractivity contribution in [3.05, 3.63) is 35.6 Å². The minimum atomic E-state index is -0.138.